The molecule has 2 aromatic carbocycles. The first-order valence-corrected chi connectivity index (χ1v) is 17.2. The second-order valence-corrected chi connectivity index (χ2v) is 14.8. The van der Waals surface area contributed by atoms with Crippen LogP contribution in [0.25, 0.3) is 0 Å². The highest BCUT2D eigenvalue weighted by Crippen LogP contribution is 2.28. The Kier molecular flexibility index (Phi) is 10.4. The Balaban J connectivity index is 1.30. The molecule has 10 nitrogen and oxygen atoms in total. The minimum Gasteiger partial charge on any atom is -0.497 e. The van der Waals surface area contributed by atoms with Gasteiger partial charge in [0.2, 0.25) is 10.0 Å². The number of rotatable bonds is 13. The summed E-state index contributed by atoms with van der Waals surface area (Å²) >= 11 is 1.15. The van der Waals surface area contributed by atoms with Gasteiger partial charge in [0.1, 0.15) is 9.96 Å². The number of carbonyl (C=O) groups excluding carboxylic acids is 1. The summed E-state index contributed by atoms with van der Waals surface area (Å²) in [5, 5.41) is 6.19. The highest BCUT2D eigenvalue weighted by molar-refractivity contribution is 7.91. The largest absolute Gasteiger partial charge is 0.497 e. The number of amides is 1. The zero-order valence-electron chi connectivity index (χ0n) is 23.1. The number of carbonyl (C=O) groups is 1. The van der Waals surface area contributed by atoms with E-state index >= 15 is 0 Å². The molecule has 1 saturated heterocycles. The molecule has 13 heteroatoms. The number of sulfonamides is 2. The van der Waals surface area contributed by atoms with Crippen LogP contribution in [-0.2, 0) is 26.6 Å². The van der Waals surface area contributed by atoms with Crippen LogP contribution in [0.5, 0.6) is 5.75 Å². The molecule has 0 spiro atoms. The van der Waals surface area contributed by atoms with E-state index < -0.39 is 20.0 Å². The summed E-state index contributed by atoms with van der Waals surface area (Å²) < 4.78 is 61.2. The molecule has 1 aromatic heterocycles. The summed E-state index contributed by atoms with van der Waals surface area (Å²) in [4.78, 5) is 13.4. The Hall–Kier alpha value is -2.97. The van der Waals surface area contributed by atoms with E-state index in [1.54, 1.807) is 54.6 Å². The monoisotopic (exact) mass is 620 g/mol. The van der Waals surface area contributed by atoms with Gasteiger partial charge in [0.25, 0.3) is 15.9 Å². The van der Waals surface area contributed by atoms with Crippen molar-refractivity contribution < 1.29 is 26.4 Å². The average molecular weight is 621 g/mol. The summed E-state index contributed by atoms with van der Waals surface area (Å²) in [6.07, 6.45) is 2.83. The zero-order valence-corrected chi connectivity index (χ0v) is 25.6. The second kappa shape index (κ2) is 13.8. The van der Waals surface area contributed by atoms with Gasteiger partial charge in [-0.05, 0) is 67.8 Å². The summed E-state index contributed by atoms with van der Waals surface area (Å²) in [7, 11) is -5.72. The summed E-state index contributed by atoms with van der Waals surface area (Å²) in [5.74, 6) is 0.310. The van der Waals surface area contributed by atoms with Gasteiger partial charge in [-0.2, -0.15) is 4.31 Å². The van der Waals surface area contributed by atoms with Crippen LogP contribution in [0.1, 0.15) is 47.8 Å². The fourth-order valence-electron chi connectivity index (χ4n) is 4.45. The lowest BCUT2D eigenvalue weighted by atomic mass is 10.1. The van der Waals surface area contributed by atoms with E-state index in [2.05, 4.69) is 15.4 Å². The van der Waals surface area contributed by atoms with Gasteiger partial charge in [0.05, 0.1) is 18.6 Å². The summed E-state index contributed by atoms with van der Waals surface area (Å²) in [6, 6.07) is 16.8. The van der Waals surface area contributed by atoms with Crippen LogP contribution in [0, 0.1) is 0 Å². The van der Waals surface area contributed by atoms with Crippen molar-refractivity contribution in [2.45, 2.75) is 54.3 Å². The fraction of sp³-hybridized carbons (Fsp3) is 0.393. The van der Waals surface area contributed by atoms with Crippen LogP contribution in [0.4, 0.5) is 5.69 Å². The van der Waals surface area contributed by atoms with Crippen molar-refractivity contribution in [3.8, 4) is 5.75 Å². The van der Waals surface area contributed by atoms with E-state index in [1.807, 2.05) is 13.0 Å². The number of methoxy groups -OCH3 is 1. The number of hydrogen-bond donors (Lipinski definition) is 3. The van der Waals surface area contributed by atoms with E-state index in [4.69, 9.17) is 4.74 Å². The molecule has 3 N–H and O–H groups in total. The predicted molar refractivity (Wildman–Crippen MR) is 160 cm³/mol. The Bertz CT molecular complexity index is 1550. The number of nitrogens with one attached hydrogen (secondary N) is 3. The van der Waals surface area contributed by atoms with E-state index in [1.165, 1.54) is 11.4 Å². The number of nitrogens with zero attached hydrogens (tertiary/aromatic N) is 1. The van der Waals surface area contributed by atoms with Gasteiger partial charge in [0, 0.05) is 41.8 Å². The SMILES string of the molecule is CCCCNS(=O)(=O)c1cccc(NC2CCN(S(=O)(=O)c3ccc(CNC(=O)c4cccc(OC)c4)s3)CC2)c1. The molecule has 1 amide bonds. The molecule has 0 unspecified atom stereocenters. The van der Waals surface area contributed by atoms with Crippen molar-refractivity contribution in [2.24, 2.45) is 0 Å². The third-order valence-electron chi connectivity index (χ3n) is 6.78. The van der Waals surface area contributed by atoms with Crippen LogP contribution in [-0.4, -0.2) is 59.8 Å². The molecule has 0 bridgehead atoms. The standard InChI is InChI=1S/C28H36N4O6S3/c1-3-4-15-30-40(34,35)26-10-6-8-23(19-26)31-22-13-16-32(17-14-22)41(36,37)27-12-11-25(39-27)20-29-28(33)21-7-5-9-24(18-21)38-2/h5-12,18-19,22,30-31H,3-4,13-17,20H2,1-2H3,(H,29,33). The lowest BCUT2D eigenvalue weighted by molar-refractivity contribution is 0.0951. The fourth-order valence-corrected chi connectivity index (χ4v) is 8.49. The van der Waals surface area contributed by atoms with Gasteiger partial charge in [-0.3, -0.25) is 4.79 Å². The Labute approximate surface area is 246 Å². The molecular formula is C28H36N4O6S3. The second-order valence-electron chi connectivity index (χ2n) is 9.74. The van der Waals surface area contributed by atoms with Crippen molar-refractivity contribution in [3.63, 3.8) is 0 Å². The van der Waals surface area contributed by atoms with Crippen LogP contribution >= 0.6 is 11.3 Å². The quantitative estimate of drug-likeness (QED) is 0.246. The summed E-state index contributed by atoms with van der Waals surface area (Å²) in [6.45, 7) is 3.30. The minimum atomic E-state index is -3.67. The van der Waals surface area contributed by atoms with Gasteiger partial charge in [-0.25, -0.2) is 21.6 Å². The van der Waals surface area contributed by atoms with Gasteiger partial charge in [-0.15, -0.1) is 11.3 Å². The molecule has 222 valence electrons. The van der Waals surface area contributed by atoms with E-state index in [9.17, 15) is 21.6 Å². The average Bonchev–Trinajstić information content (AvgIpc) is 3.47. The van der Waals surface area contributed by atoms with E-state index in [-0.39, 0.29) is 27.6 Å². The van der Waals surface area contributed by atoms with Gasteiger partial charge in [-0.1, -0.05) is 25.5 Å². The smallest absolute Gasteiger partial charge is 0.252 e. The lowest BCUT2D eigenvalue weighted by Gasteiger charge is -2.31. The molecule has 0 aliphatic carbocycles. The van der Waals surface area contributed by atoms with Gasteiger partial charge in [0.15, 0.2) is 0 Å². The Morgan fingerprint density at radius 1 is 1.02 bits per heavy atom. The molecule has 41 heavy (non-hydrogen) atoms. The first-order chi connectivity index (χ1) is 19.6. The molecule has 4 rings (SSSR count). The maximum Gasteiger partial charge on any atom is 0.252 e. The first kappa shape index (κ1) is 31.0. The zero-order chi connectivity index (χ0) is 29.5. The summed E-state index contributed by atoms with van der Waals surface area (Å²) in [5.41, 5.74) is 1.14. The molecule has 0 atom stereocenters. The van der Waals surface area contributed by atoms with Crippen LogP contribution < -0.4 is 20.1 Å². The maximum atomic E-state index is 13.3. The van der Waals surface area contributed by atoms with Crippen molar-refractivity contribution in [1.82, 2.24) is 14.3 Å². The molecule has 1 aliphatic rings. The molecule has 2 heterocycles. The normalized spacial score (nSPS) is 15.0. The number of piperidine rings is 1. The number of thiophene rings is 1. The maximum absolute atomic E-state index is 13.3. The number of anilines is 1. The molecular weight excluding hydrogens is 585 g/mol. The third kappa shape index (κ3) is 8.07. The molecule has 1 fully saturated rings. The van der Waals surface area contributed by atoms with Crippen LogP contribution in [0.2, 0.25) is 0 Å². The first-order valence-electron chi connectivity index (χ1n) is 13.5. The van der Waals surface area contributed by atoms with Crippen molar-refractivity contribution >= 4 is 43.0 Å². The van der Waals surface area contributed by atoms with E-state index in [0.29, 0.717) is 49.5 Å². The van der Waals surface area contributed by atoms with Gasteiger partial charge >= 0.3 is 0 Å². The van der Waals surface area contributed by atoms with Crippen molar-refractivity contribution in [2.75, 3.05) is 32.1 Å². The van der Waals surface area contributed by atoms with Crippen LogP contribution in [0.3, 0.4) is 0 Å². The lowest BCUT2D eigenvalue weighted by Crippen LogP contribution is -2.42. The Morgan fingerprint density at radius 3 is 2.51 bits per heavy atom. The molecule has 0 radical (unpaired) electrons. The van der Waals surface area contributed by atoms with Crippen molar-refractivity contribution in [3.05, 3.63) is 71.1 Å². The molecule has 3 aromatic rings. The Morgan fingerprint density at radius 2 is 1.78 bits per heavy atom. The minimum absolute atomic E-state index is 0.0122. The number of benzene rings is 2. The number of hydrogen-bond acceptors (Lipinski definition) is 8. The van der Waals surface area contributed by atoms with Gasteiger partial charge < -0.3 is 15.4 Å². The highest BCUT2D eigenvalue weighted by atomic mass is 32.2. The van der Waals surface area contributed by atoms with E-state index in [0.717, 1.165) is 29.1 Å². The number of unbranched alkanes of at least 4 members (excludes halogenated alkanes) is 1. The highest BCUT2D eigenvalue weighted by Gasteiger charge is 2.30. The predicted octanol–water partition coefficient (Wildman–Crippen LogP) is 4.03. The van der Waals surface area contributed by atoms with Crippen molar-refractivity contribution in [1.29, 1.82) is 0 Å². The number of ether oxygens (including phenoxy) is 1. The van der Waals surface area contributed by atoms with Crippen LogP contribution in [0.15, 0.2) is 69.8 Å². The molecule has 1 aliphatic heterocycles. The topological polar surface area (TPSA) is 134 Å². The third-order valence-corrected chi connectivity index (χ3v) is 11.7. The molecule has 0 saturated carbocycles.